The summed E-state index contributed by atoms with van der Waals surface area (Å²) in [6.45, 7) is 3.40. The average molecular weight is 282 g/mol. The van der Waals surface area contributed by atoms with E-state index in [9.17, 15) is 14.9 Å². The van der Waals surface area contributed by atoms with Gasteiger partial charge >= 0.3 is 5.97 Å². The molecule has 110 valence electrons. The molecular formula is C13H18N2O5. The second-order valence-corrected chi connectivity index (χ2v) is 4.71. The van der Waals surface area contributed by atoms with Gasteiger partial charge in [-0.25, -0.2) is 0 Å². The molecule has 0 radical (unpaired) electrons. The second-order valence-electron chi connectivity index (χ2n) is 4.71. The monoisotopic (exact) mass is 282 g/mol. The van der Waals surface area contributed by atoms with Gasteiger partial charge in [0.25, 0.3) is 5.69 Å². The van der Waals surface area contributed by atoms with Gasteiger partial charge in [-0.2, -0.15) is 0 Å². The molecule has 1 aromatic carbocycles. The minimum Gasteiger partial charge on any atom is -0.493 e. The number of rotatable bonds is 6. The Morgan fingerprint density at radius 3 is 2.65 bits per heavy atom. The number of esters is 1. The van der Waals surface area contributed by atoms with E-state index in [0.717, 1.165) is 0 Å². The Labute approximate surface area is 116 Å². The molecule has 0 aliphatic heterocycles. The third-order valence-corrected chi connectivity index (χ3v) is 2.91. The maximum atomic E-state index is 11.4. The molecule has 0 aromatic heterocycles. The average Bonchev–Trinajstić information content (AvgIpc) is 2.37. The summed E-state index contributed by atoms with van der Waals surface area (Å²) in [7, 11) is 1.27. The third kappa shape index (κ3) is 3.92. The van der Waals surface area contributed by atoms with E-state index < -0.39 is 16.4 Å². The quantitative estimate of drug-likeness (QED) is 0.482. The molecule has 0 saturated carbocycles. The number of benzene rings is 1. The molecule has 0 fully saturated rings. The summed E-state index contributed by atoms with van der Waals surface area (Å²) in [5, 5.41) is 10.7. The van der Waals surface area contributed by atoms with Crippen molar-refractivity contribution in [2.45, 2.75) is 25.8 Å². The summed E-state index contributed by atoms with van der Waals surface area (Å²) in [6.07, 6.45) is 0.274. The standard InChI is InChI=1S/C13H18N2O5/c1-9-8-10(4-5-11(9)15(17)18)20-7-6-13(2,14)12(16)19-3/h4-5,8H,6-7,14H2,1-3H3. The van der Waals surface area contributed by atoms with Crippen LogP contribution in [0.3, 0.4) is 0 Å². The van der Waals surface area contributed by atoms with Gasteiger partial charge < -0.3 is 15.2 Å². The molecule has 7 nitrogen and oxygen atoms in total. The number of nitrogens with zero attached hydrogens (tertiary/aromatic N) is 1. The van der Waals surface area contributed by atoms with E-state index >= 15 is 0 Å². The normalized spacial score (nSPS) is 13.4. The van der Waals surface area contributed by atoms with Gasteiger partial charge in [-0.1, -0.05) is 0 Å². The zero-order chi connectivity index (χ0) is 15.3. The lowest BCUT2D eigenvalue weighted by Crippen LogP contribution is -2.46. The molecule has 0 heterocycles. The first-order chi connectivity index (χ1) is 9.27. The van der Waals surface area contributed by atoms with Crippen molar-refractivity contribution in [3.63, 3.8) is 0 Å². The molecule has 0 aliphatic rings. The first kappa shape index (κ1) is 15.9. The van der Waals surface area contributed by atoms with Gasteiger partial charge in [-0.3, -0.25) is 14.9 Å². The third-order valence-electron chi connectivity index (χ3n) is 2.91. The van der Waals surface area contributed by atoms with E-state index in [0.29, 0.717) is 11.3 Å². The molecule has 1 rings (SSSR count). The zero-order valence-corrected chi connectivity index (χ0v) is 11.7. The van der Waals surface area contributed by atoms with Crippen LogP contribution in [0.25, 0.3) is 0 Å². The predicted octanol–water partition coefficient (Wildman–Crippen LogP) is 1.56. The van der Waals surface area contributed by atoms with E-state index in [1.165, 1.54) is 19.2 Å². The predicted molar refractivity (Wildman–Crippen MR) is 72.6 cm³/mol. The smallest absolute Gasteiger partial charge is 0.325 e. The fourth-order valence-corrected chi connectivity index (χ4v) is 1.64. The Bertz CT molecular complexity index is 513. The highest BCUT2D eigenvalue weighted by Crippen LogP contribution is 2.23. The van der Waals surface area contributed by atoms with Crippen LogP contribution in [0.1, 0.15) is 18.9 Å². The van der Waals surface area contributed by atoms with Crippen molar-refractivity contribution < 1.29 is 19.2 Å². The number of nitrogens with two attached hydrogens (primary N) is 1. The molecule has 0 spiro atoms. The van der Waals surface area contributed by atoms with Crippen molar-refractivity contribution in [1.29, 1.82) is 0 Å². The van der Waals surface area contributed by atoms with Crippen molar-refractivity contribution in [3.8, 4) is 5.75 Å². The molecule has 0 amide bonds. The fraction of sp³-hybridized carbons (Fsp3) is 0.462. The number of aryl methyl sites for hydroxylation is 1. The van der Waals surface area contributed by atoms with Crippen LogP contribution in [0, 0.1) is 17.0 Å². The van der Waals surface area contributed by atoms with E-state index in [1.807, 2.05) is 0 Å². The van der Waals surface area contributed by atoms with Crippen LogP contribution in [-0.2, 0) is 9.53 Å². The van der Waals surface area contributed by atoms with Gasteiger partial charge in [0.15, 0.2) is 0 Å². The van der Waals surface area contributed by atoms with Crippen molar-refractivity contribution in [2.24, 2.45) is 5.73 Å². The molecule has 1 aromatic rings. The molecule has 1 atom stereocenters. The van der Waals surface area contributed by atoms with Crippen LogP contribution in [0.15, 0.2) is 18.2 Å². The number of nitro groups is 1. The van der Waals surface area contributed by atoms with Gasteiger partial charge in [0.2, 0.25) is 0 Å². The lowest BCUT2D eigenvalue weighted by Gasteiger charge is -2.21. The zero-order valence-electron chi connectivity index (χ0n) is 11.7. The first-order valence-corrected chi connectivity index (χ1v) is 6.03. The highest BCUT2D eigenvalue weighted by atomic mass is 16.6. The number of nitro benzene ring substituents is 1. The van der Waals surface area contributed by atoms with Gasteiger partial charge in [-0.05, 0) is 26.0 Å². The van der Waals surface area contributed by atoms with Gasteiger partial charge in [0, 0.05) is 18.1 Å². The Kier molecular flexibility index (Phi) is 5.04. The summed E-state index contributed by atoms with van der Waals surface area (Å²) in [6, 6.07) is 4.47. The van der Waals surface area contributed by atoms with Crippen LogP contribution in [0.2, 0.25) is 0 Å². The highest BCUT2D eigenvalue weighted by molar-refractivity contribution is 5.79. The van der Waals surface area contributed by atoms with E-state index in [2.05, 4.69) is 4.74 Å². The van der Waals surface area contributed by atoms with E-state index in [-0.39, 0.29) is 18.7 Å². The van der Waals surface area contributed by atoms with Crippen molar-refractivity contribution in [3.05, 3.63) is 33.9 Å². The number of ether oxygens (including phenoxy) is 2. The maximum absolute atomic E-state index is 11.4. The van der Waals surface area contributed by atoms with Gasteiger partial charge in [0.1, 0.15) is 11.3 Å². The lowest BCUT2D eigenvalue weighted by molar-refractivity contribution is -0.385. The molecular weight excluding hydrogens is 264 g/mol. The molecule has 0 saturated heterocycles. The van der Waals surface area contributed by atoms with E-state index in [1.54, 1.807) is 19.9 Å². The highest BCUT2D eigenvalue weighted by Gasteiger charge is 2.29. The van der Waals surface area contributed by atoms with Crippen LogP contribution in [0.5, 0.6) is 5.75 Å². The maximum Gasteiger partial charge on any atom is 0.325 e. The first-order valence-electron chi connectivity index (χ1n) is 6.03. The molecule has 2 N–H and O–H groups in total. The fourth-order valence-electron chi connectivity index (χ4n) is 1.64. The van der Waals surface area contributed by atoms with Crippen LogP contribution in [-0.4, -0.2) is 30.1 Å². The number of hydrogen-bond acceptors (Lipinski definition) is 6. The Hall–Kier alpha value is -2.15. The molecule has 0 aliphatic carbocycles. The lowest BCUT2D eigenvalue weighted by atomic mass is 10.0. The SMILES string of the molecule is COC(=O)C(C)(N)CCOc1ccc([N+](=O)[O-])c(C)c1. The van der Waals surface area contributed by atoms with Crippen molar-refractivity contribution in [2.75, 3.05) is 13.7 Å². The largest absolute Gasteiger partial charge is 0.493 e. The summed E-state index contributed by atoms with van der Waals surface area (Å²) >= 11 is 0. The Balaban J connectivity index is 2.61. The number of carbonyl (C=O) groups excluding carboxylic acids is 1. The minimum atomic E-state index is -1.12. The van der Waals surface area contributed by atoms with E-state index in [4.69, 9.17) is 10.5 Å². The summed E-state index contributed by atoms with van der Waals surface area (Å²) in [5.74, 6) is -0.0188. The molecule has 0 bridgehead atoms. The molecule has 20 heavy (non-hydrogen) atoms. The second kappa shape index (κ2) is 6.33. The van der Waals surface area contributed by atoms with Crippen LogP contribution >= 0.6 is 0 Å². The molecule has 1 unspecified atom stereocenters. The summed E-state index contributed by atoms with van der Waals surface area (Å²) in [4.78, 5) is 21.6. The minimum absolute atomic E-state index is 0.0376. The Morgan fingerprint density at radius 1 is 1.50 bits per heavy atom. The van der Waals surface area contributed by atoms with Crippen LogP contribution in [0.4, 0.5) is 5.69 Å². The number of hydrogen-bond donors (Lipinski definition) is 1. The number of carbonyl (C=O) groups is 1. The summed E-state index contributed by atoms with van der Waals surface area (Å²) in [5.41, 5.74) is 5.21. The van der Waals surface area contributed by atoms with Crippen molar-refractivity contribution in [1.82, 2.24) is 0 Å². The Morgan fingerprint density at radius 2 is 2.15 bits per heavy atom. The topological polar surface area (TPSA) is 105 Å². The van der Waals surface area contributed by atoms with Gasteiger partial charge in [0.05, 0.1) is 18.6 Å². The van der Waals surface area contributed by atoms with Crippen molar-refractivity contribution >= 4 is 11.7 Å². The summed E-state index contributed by atoms with van der Waals surface area (Å²) < 4.78 is 10.0. The van der Waals surface area contributed by atoms with Crippen LogP contribution < -0.4 is 10.5 Å². The number of methoxy groups -OCH3 is 1. The van der Waals surface area contributed by atoms with Gasteiger partial charge in [-0.15, -0.1) is 0 Å². The molecule has 7 heteroatoms.